The van der Waals surface area contributed by atoms with Crippen LogP contribution in [0.25, 0.3) is 11.1 Å². The van der Waals surface area contributed by atoms with Crippen LogP contribution in [0.2, 0.25) is 0 Å². The third-order valence-electron chi connectivity index (χ3n) is 15.5. The van der Waals surface area contributed by atoms with E-state index in [4.69, 9.17) is 4.74 Å². The number of ketones is 1. The fourth-order valence-electron chi connectivity index (χ4n) is 11.1. The molecule has 3 aromatic carbocycles. The summed E-state index contributed by atoms with van der Waals surface area (Å²) in [6.45, 7) is 10.6. The zero-order chi connectivity index (χ0) is 41.8. The Morgan fingerprint density at radius 2 is 1.64 bits per heavy atom. The molecule has 2 heterocycles. The molecule has 6 atom stereocenters. The van der Waals surface area contributed by atoms with Gasteiger partial charge in [-0.25, -0.2) is 0 Å². The Kier molecular flexibility index (Phi) is 10.9. The second-order valence-corrected chi connectivity index (χ2v) is 20.0. The van der Waals surface area contributed by atoms with Crippen LogP contribution in [0.4, 0.5) is 0 Å². The number of thiophene rings is 1. The minimum absolute atomic E-state index is 0.0853. The molecule has 2 saturated carbocycles. The van der Waals surface area contributed by atoms with Gasteiger partial charge in [-0.3, -0.25) is 14.4 Å². The quantitative estimate of drug-likeness (QED) is 0.0991. The van der Waals surface area contributed by atoms with E-state index in [9.17, 15) is 15.0 Å². The molecule has 8 heteroatoms. The number of aliphatic hydroxyl groups excluding tert-OH is 1. The van der Waals surface area contributed by atoms with E-state index in [1.165, 1.54) is 5.57 Å². The summed E-state index contributed by atoms with van der Waals surface area (Å²) in [7, 11) is 0. The number of fused-ring (bicyclic) bond motifs is 10. The van der Waals surface area contributed by atoms with E-state index in [1.807, 2.05) is 104 Å². The number of nitrogens with zero attached hydrogens (tertiary/aromatic N) is 1. The number of esters is 1. The predicted octanol–water partition coefficient (Wildman–Crippen LogP) is 9.88. The van der Waals surface area contributed by atoms with Crippen LogP contribution >= 0.6 is 11.3 Å². The molecule has 4 aromatic rings. The van der Waals surface area contributed by atoms with E-state index >= 15 is 9.59 Å². The van der Waals surface area contributed by atoms with E-state index < -0.39 is 33.6 Å². The summed E-state index contributed by atoms with van der Waals surface area (Å²) in [6.07, 6.45) is 7.52. The number of ether oxygens (including phenoxy) is 1. The number of rotatable bonds is 9. The Morgan fingerprint density at radius 1 is 0.881 bits per heavy atom. The maximum atomic E-state index is 15.2. The summed E-state index contributed by atoms with van der Waals surface area (Å²) in [5.74, 6) is -0.837. The minimum atomic E-state index is -1.33. The third kappa shape index (κ3) is 6.93. The molecule has 5 aliphatic rings. The highest BCUT2D eigenvalue weighted by Crippen LogP contribution is 2.66. The molecule has 310 valence electrons. The molecule has 2 N–H and O–H groups in total. The molecule has 1 aromatic heterocycles. The Hall–Kier alpha value is -4.37. The van der Waals surface area contributed by atoms with Gasteiger partial charge in [-0.05, 0) is 124 Å². The van der Waals surface area contributed by atoms with Crippen molar-refractivity contribution in [3.63, 3.8) is 0 Å². The van der Waals surface area contributed by atoms with Crippen molar-refractivity contribution in [1.82, 2.24) is 4.90 Å². The molecule has 1 amide bonds. The number of amides is 1. The van der Waals surface area contributed by atoms with Crippen LogP contribution in [0.3, 0.4) is 0 Å². The maximum absolute atomic E-state index is 15.2. The van der Waals surface area contributed by atoms with Gasteiger partial charge < -0.3 is 19.8 Å². The average molecular weight is 814 g/mol. The van der Waals surface area contributed by atoms with Crippen molar-refractivity contribution in [2.75, 3.05) is 13.1 Å². The van der Waals surface area contributed by atoms with Crippen LogP contribution < -0.4 is 0 Å². The van der Waals surface area contributed by atoms with E-state index in [2.05, 4.69) is 32.1 Å². The van der Waals surface area contributed by atoms with E-state index in [1.54, 1.807) is 11.3 Å². The number of carbonyl (C=O) groups is 3. The highest BCUT2D eigenvalue weighted by molar-refractivity contribution is 7.09. The Morgan fingerprint density at radius 3 is 2.36 bits per heavy atom. The number of hydrogen-bond donors (Lipinski definition) is 2. The third-order valence-corrected chi connectivity index (χ3v) is 16.5. The fraction of sp³-hybridized carbons (Fsp3) is 0.471. The van der Waals surface area contributed by atoms with Gasteiger partial charge in [-0.1, -0.05) is 105 Å². The van der Waals surface area contributed by atoms with Gasteiger partial charge in [0.25, 0.3) is 5.91 Å². The highest BCUT2D eigenvalue weighted by Gasteiger charge is 2.76. The lowest BCUT2D eigenvalue weighted by atomic mass is 9.64. The Labute approximate surface area is 353 Å². The molecule has 3 fully saturated rings. The lowest BCUT2D eigenvalue weighted by Gasteiger charge is -2.47. The molecule has 0 spiro atoms. The highest BCUT2D eigenvalue weighted by atomic mass is 32.1. The molecular weight excluding hydrogens is 755 g/mol. The first-order chi connectivity index (χ1) is 28.1. The first-order valence-corrected chi connectivity index (χ1v) is 22.4. The fourth-order valence-corrected chi connectivity index (χ4v) is 11.8. The first-order valence-electron chi connectivity index (χ1n) is 21.6. The summed E-state index contributed by atoms with van der Waals surface area (Å²) >= 11 is 1.65. The minimum Gasteiger partial charge on any atom is -0.448 e. The van der Waals surface area contributed by atoms with Gasteiger partial charge in [0.1, 0.15) is 0 Å². The van der Waals surface area contributed by atoms with Crippen molar-refractivity contribution in [1.29, 1.82) is 0 Å². The van der Waals surface area contributed by atoms with Crippen molar-refractivity contribution in [2.24, 2.45) is 16.2 Å². The zero-order valence-electron chi connectivity index (χ0n) is 35.3. The van der Waals surface area contributed by atoms with Gasteiger partial charge in [0.2, 0.25) is 0 Å². The van der Waals surface area contributed by atoms with E-state index in [0.29, 0.717) is 75.5 Å². The number of aliphatic hydroxyl groups is 2. The molecule has 4 aliphatic carbocycles. The molecule has 0 unspecified atom stereocenters. The monoisotopic (exact) mass is 813 g/mol. The Balaban J connectivity index is 1.22. The molecule has 1 aliphatic heterocycles. The summed E-state index contributed by atoms with van der Waals surface area (Å²) in [4.78, 5) is 46.8. The first kappa shape index (κ1) is 41.4. The number of allylic oxidation sites excluding steroid dienone is 2. The van der Waals surface area contributed by atoms with Gasteiger partial charge in [0.15, 0.2) is 11.4 Å². The van der Waals surface area contributed by atoms with Crippen molar-refractivity contribution >= 4 is 29.0 Å². The largest absolute Gasteiger partial charge is 0.448 e. The SMILES string of the molecule is CC1=CCC[C@@]2(C)[C@@H](CC[C@@]2(O)CN(CCc2cccs2)C(=O)[C@@]23CC[C@@](C)(C(=O)O2)C3(C)C)c2ccc(cc2C(=O)c2ccccc2-c2ccccc2)C[C@@H](O)CC1. The lowest BCUT2D eigenvalue weighted by molar-refractivity contribution is -0.177. The molecule has 1 saturated heterocycles. The van der Waals surface area contributed by atoms with E-state index in [0.717, 1.165) is 33.6 Å². The topological polar surface area (TPSA) is 104 Å². The van der Waals surface area contributed by atoms with Gasteiger partial charge in [0, 0.05) is 33.4 Å². The van der Waals surface area contributed by atoms with Gasteiger partial charge in [-0.2, -0.15) is 0 Å². The summed E-state index contributed by atoms with van der Waals surface area (Å²) in [5, 5.41) is 26.6. The van der Waals surface area contributed by atoms with Crippen LogP contribution in [-0.2, 0) is 27.2 Å². The molecule has 9 rings (SSSR count). The summed E-state index contributed by atoms with van der Waals surface area (Å²) < 4.78 is 6.18. The molecule has 0 radical (unpaired) electrons. The summed E-state index contributed by atoms with van der Waals surface area (Å²) in [5.41, 5.74) is 1.12. The van der Waals surface area contributed by atoms with Crippen LogP contribution in [-0.4, -0.2) is 63.2 Å². The van der Waals surface area contributed by atoms with Gasteiger partial charge in [-0.15, -0.1) is 11.3 Å². The van der Waals surface area contributed by atoms with Crippen LogP contribution in [0.1, 0.15) is 124 Å². The molecular formula is C51H59NO6S. The molecule has 4 bridgehead atoms. The number of hydrogen-bond acceptors (Lipinski definition) is 7. The van der Waals surface area contributed by atoms with Crippen molar-refractivity contribution in [2.45, 2.75) is 122 Å². The molecule has 7 nitrogen and oxygen atoms in total. The second kappa shape index (κ2) is 15.6. The Bertz CT molecular complexity index is 2260. The number of benzene rings is 3. The lowest BCUT2D eigenvalue weighted by Crippen LogP contribution is -2.60. The zero-order valence-corrected chi connectivity index (χ0v) is 36.1. The van der Waals surface area contributed by atoms with Crippen molar-refractivity contribution in [3.8, 4) is 11.1 Å². The number of carbonyl (C=O) groups excluding carboxylic acids is 3. The van der Waals surface area contributed by atoms with Crippen molar-refractivity contribution < 1.29 is 29.3 Å². The van der Waals surface area contributed by atoms with E-state index in [-0.39, 0.29) is 30.1 Å². The predicted molar refractivity (Wildman–Crippen MR) is 233 cm³/mol. The van der Waals surface area contributed by atoms with Crippen molar-refractivity contribution in [3.05, 3.63) is 129 Å². The normalized spacial score (nSPS) is 30.0. The maximum Gasteiger partial charge on any atom is 0.313 e. The van der Waals surface area contributed by atoms with Crippen LogP contribution in [0, 0.1) is 16.2 Å². The smallest absolute Gasteiger partial charge is 0.313 e. The van der Waals surface area contributed by atoms with Gasteiger partial charge >= 0.3 is 5.97 Å². The molecule has 59 heavy (non-hydrogen) atoms. The second-order valence-electron chi connectivity index (χ2n) is 18.9. The van der Waals surface area contributed by atoms with Gasteiger partial charge in [0.05, 0.1) is 23.7 Å². The van der Waals surface area contributed by atoms with Crippen LogP contribution in [0.5, 0.6) is 0 Å². The average Bonchev–Trinajstić information content (AvgIpc) is 3.93. The summed E-state index contributed by atoms with van der Waals surface area (Å²) in [6, 6.07) is 27.9. The standard InChI is InChI=1S/C51H59NO6S/c1-34-13-11-25-48(4)43(40-22-20-35(31-37(53)21-19-34)32-42(40)44(54)41-18-10-9-17-39(41)36-14-7-6-8-15-36)23-26-50(48,57)33-52(29-24-38-16-12-30-59-38)45(55)51-28-27-49(5,46(56)58-51)47(51,2)3/h6-10,12-18,20,22,30,32,37,43,53,57H,11,19,21,23-29,31,33H2,1-5H3/t37-,43-,48-,49-,50+,51+/m0/s1. The van der Waals surface area contributed by atoms with Crippen LogP contribution in [0.15, 0.2) is 102 Å².